The molecule has 0 amide bonds. The first-order valence-electron chi connectivity index (χ1n) is 8.26. The molecule has 1 unspecified atom stereocenters. The van der Waals surface area contributed by atoms with Crippen LogP contribution < -0.4 is 5.32 Å². The highest BCUT2D eigenvalue weighted by Crippen LogP contribution is 2.44. The van der Waals surface area contributed by atoms with Crippen LogP contribution in [-0.2, 0) is 0 Å². The standard InChI is InChI=1S/C17H28FN3/c1-4-20-16(14-11-15(18)13-19-12-14)17(9-7-8-10-17)21(5-2)6-3/h11-13,16,20H,4-10H2,1-3H3. The highest BCUT2D eigenvalue weighted by Gasteiger charge is 2.45. The van der Waals surface area contributed by atoms with E-state index >= 15 is 0 Å². The van der Waals surface area contributed by atoms with Gasteiger partial charge in [0.2, 0.25) is 0 Å². The third-order valence-corrected chi connectivity index (χ3v) is 4.87. The van der Waals surface area contributed by atoms with Crippen LogP contribution in [0, 0.1) is 5.82 Å². The quantitative estimate of drug-likeness (QED) is 0.833. The van der Waals surface area contributed by atoms with Crippen LogP contribution in [-0.4, -0.2) is 35.1 Å². The van der Waals surface area contributed by atoms with Crippen LogP contribution >= 0.6 is 0 Å². The Bertz CT molecular complexity index is 439. The van der Waals surface area contributed by atoms with Crippen LogP contribution in [0.25, 0.3) is 0 Å². The molecule has 1 atom stereocenters. The molecule has 1 N–H and O–H groups in total. The molecule has 0 aliphatic heterocycles. The average Bonchev–Trinajstić information content (AvgIpc) is 2.96. The van der Waals surface area contributed by atoms with Crippen LogP contribution in [0.15, 0.2) is 18.5 Å². The summed E-state index contributed by atoms with van der Waals surface area (Å²) in [5, 5.41) is 3.61. The molecule has 1 aromatic heterocycles. The van der Waals surface area contributed by atoms with E-state index in [0.29, 0.717) is 0 Å². The minimum atomic E-state index is -0.247. The van der Waals surface area contributed by atoms with Gasteiger partial charge in [-0.1, -0.05) is 33.6 Å². The van der Waals surface area contributed by atoms with Gasteiger partial charge in [-0.2, -0.15) is 0 Å². The van der Waals surface area contributed by atoms with Gasteiger partial charge in [0.15, 0.2) is 0 Å². The molecule has 2 rings (SSSR count). The van der Waals surface area contributed by atoms with E-state index in [4.69, 9.17) is 0 Å². The van der Waals surface area contributed by atoms with Gasteiger partial charge in [0, 0.05) is 11.7 Å². The maximum Gasteiger partial charge on any atom is 0.141 e. The van der Waals surface area contributed by atoms with E-state index in [2.05, 4.69) is 36.0 Å². The number of nitrogens with one attached hydrogen (secondary N) is 1. The molecule has 0 spiro atoms. The maximum absolute atomic E-state index is 13.6. The molecular weight excluding hydrogens is 265 g/mol. The molecule has 0 bridgehead atoms. The smallest absolute Gasteiger partial charge is 0.141 e. The van der Waals surface area contributed by atoms with E-state index in [1.807, 2.05) is 6.20 Å². The molecular formula is C17H28FN3. The minimum absolute atomic E-state index is 0.0922. The monoisotopic (exact) mass is 293 g/mol. The molecule has 1 heterocycles. The Morgan fingerprint density at radius 3 is 2.43 bits per heavy atom. The minimum Gasteiger partial charge on any atom is -0.309 e. The van der Waals surface area contributed by atoms with Crippen molar-refractivity contribution in [2.75, 3.05) is 19.6 Å². The second-order valence-electron chi connectivity index (χ2n) is 5.91. The molecule has 1 aliphatic carbocycles. The van der Waals surface area contributed by atoms with Gasteiger partial charge in [-0.15, -0.1) is 0 Å². The first kappa shape index (κ1) is 16.4. The fraction of sp³-hybridized carbons (Fsp3) is 0.706. The molecule has 1 aromatic rings. The Balaban J connectivity index is 2.41. The number of rotatable bonds is 7. The van der Waals surface area contributed by atoms with Gasteiger partial charge in [0.25, 0.3) is 0 Å². The lowest BCUT2D eigenvalue weighted by molar-refractivity contribution is 0.0630. The van der Waals surface area contributed by atoms with Gasteiger partial charge < -0.3 is 5.32 Å². The summed E-state index contributed by atoms with van der Waals surface area (Å²) >= 11 is 0. The van der Waals surface area contributed by atoms with Crippen LogP contribution in [0.4, 0.5) is 4.39 Å². The zero-order valence-corrected chi connectivity index (χ0v) is 13.5. The van der Waals surface area contributed by atoms with E-state index in [1.165, 1.54) is 31.9 Å². The first-order valence-corrected chi connectivity index (χ1v) is 8.26. The maximum atomic E-state index is 13.6. The summed E-state index contributed by atoms with van der Waals surface area (Å²) in [6.07, 6.45) is 7.94. The number of halogens is 1. The van der Waals surface area contributed by atoms with Gasteiger partial charge in [-0.05, 0) is 44.1 Å². The predicted molar refractivity (Wildman–Crippen MR) is 84.7 cm³/mol. The lowest BCUT2D eigenvalue weighted by Crippen LogP contribution is -2.55. The SMILES string of the molecule is CCNC(c1cncc(F)c1)C1(N(CC)CC)CCCC1. The molecule has 1 saturated carbocycles. The molecule has 118 valence electrons. The lowest BCUT2D eigenvalue weighted by atomic mass is 9.82. The van der Waals surface area contributed by atoms with Gasteiger partial charge in [0.05, 0.1) is 12.2 Å². The summed E-state index contributed by atoms with van der Waals surface area (Å²) in [6.45, 7) is 9.49. The van der Waals surface area contributed by atoms with E-state index < -0.39 is 0 Å². The number of hydrogen-bond donors (Lipinski definition) is 1. The Hall–Kier alpha value is -1.00. The largest absolute Gasteiger partial charge is 0.309 e. The molecule has 1 aliphatic rings. The van der Waals surface area contributed by atoms with Crippen LogP contribution in [0.5, 0.6) is 0 Å². The topological polar surface area (TPSA) is 28.2 Å². The van der Waals surface area contributed by atoms with Crippen molar-refractivity contribution in [2.24, 2.45) is 0 Å². The van der Waals surface area contributed by atoms with Crippen molar-refractivity contribution >= 4 is 0 Å². The fourth-order valence-electron chi connectivity index (χ4n) is 4.04. The van der Waals surface area contributed by atoms with Gasteiger partial charge in [-0.25, -0.2) is 4.39 Å². The summed E-state index contributed by atoms with van der Waals surface area (Å²) in [5.74, 6) is -0.247. The van der Waals surface area contributed by atoms with Crippen molar-refractivity contribution in [2.45, 2.75) is 58.0 Å². The Labute approximate surface area is 127 Å². The third kappa shape index (κ3) is 3.27. The van der Waals surface area contributed by atoms with Crippen LogP contribution in [0.2, 0.25) is 0 Å². The highest BCUT2D eigenvalue weighted by atomic mass is 19.1. The second-order valence-corrected chi connectivity index (χ2v) is 5.91. The van der Waals surface area contributed by atoms with E-state index in [0.717, 1.165) is 25.2 Å². The number of hydrogen-bond acceptors (Lipinski definition) is 3. The van der Waals surface area contributed by atoms with E-state index in [9.17, 15) is 4.39 Å². The lowest BCUT2D eigenvalue weighted by Gasteiger charge is -2.46. The number of pyridine rings is 1. The molecule has 0 radical (unpaired) electrons. The molecule has 3 nitrogen and oxygen atoms in total. The summed E-state index contributed by atoms with van der Waals surface area (Å²) in [6, 6.07) is 1.79. The zero-order valence-electron chi connectivity index (χ0n) is 13.5. The highest BCUT2D eigenvalue weighted by molar-refractivity contribution is 5.22. The van der Waals surface area contributed by atoms with Crippen molar-refractivity contribution in [3.8, 4) is 0 Å². The van der Waals surface area contributed by atoms with Gasteiger partial charge in [-0.3, -0.25) is 9.88 Å². The summed E-state index contributed by atoms with van der Waals surface area (Å²) in [4.78, 5) is 6.62. The zero-order chi connectivity index (χ0) is 15.3. The number of likely N-dealkylation sites (N-methyl/N-ethyl adjacent to an activating group) is 2. The molecule has 0 saturated heterocycles. The summed E-state index contributed by atoms with van der Waals surface area (Å²) in [7, 11) is 0. The molecule has 21 heavy (non-hydrogen) atoms. The number of nitrogens with zero attached hydrogens (tertiary/aromatic N) is 2. The number of aromatic nitrogens is 1. The van der Waals surface area contributed by atoms with Crippen molar-refractivity contribution < 1.29 is 4.39 Å². The van der Waals surface area contributed by atoms with E-state index in [-0.39, 0.29) is 17.4 Å². The molecule has 0 aromatic carbocycles. The van der Waals surface area contributed by atoms with Crippen molar-refractivity contribution in [1.82, 2.24) is 15.2 Å². The van der Waals surface area contributed by atoms with Crippen LogP contribution in [0.1, 0.15) is 58.1 Å². The third-order valence-electron chi connectivity index (χ3n) is 4.87. The molecule has 1 fully saturated rings. The predicted octanol–water partition coefficient (Wildman–Crippen LogP) is 3.53. The van der Waals surface area contributed by atoms with Crippen molar-refractivity contribution in [1.29, 1.82) is 0 Å². The first-order chi connectivity index (χ1) is 10.2. The van der Waals surface area contributed by atoms with Gasteiger partial charge in [0.1, 0.15) is 5.82 Å². The van der Waals surface area contributed by atoms with Crippen molar-refractivity contribution in [3.63, 3.8) is 0 Å². The Kier molecular flexibility index (Phi) is 5.71. The van der Waals surface area contributed by atoms with Gasteiger partial charge >= 0.3 is 0 Å². The Morgan fingerprint density at radius 2 is 1.90 bits per heavy atom. The van der Waals surface area contributed by atoms with Crippen LogP contribution in [0.3, 0.4) is 0 Å². The van der Waals surface area contributed by atoms with E-state index in [1.54, 1.807) is 6.07 Å². The summed E-state index contributed by atoms with van der Waals surface area (Å²) < 4.78 is 13.6. The summed E-state index contributed by atoms with van der Waals surface area (Å²) in [5.41, 5.74) is 1.07. The molecule has 4 heteroatoms. The normalized spacial score (nSPS) is 19.1. The average molecular weight is 293 g/mol. The second kappa shape index (κ2) is 7.32. The fourth-order valence-corrected chi connectivity index (χ4v) is 4.04. The van der Waals surface area contributed by atoms with Crippen molar-refractivity contribution in [3.05, 3.63) is 29.8 Å². The Morgan fingerprint density at radius 1 is 1.24 bits per heavy atom.